The minimum Gasteiger partial charge on any atom is -0.463 e. The summed E-state index contributed by atoms with van der Waals surface area (Å²) in [7, 11) is 0. The summed E-state index contributed by atoms with van der Waals surface area (Å²) in [5, 5.41) is 14.5. The van der Waals surface area contributed by atoms with Crippen LogP contribution in [0.4, 0.5) is 8.78 Å². The third kappa shape index (κ3) is 7.39. The largest absolute Gasteiger partial charge is 0.463 e. The van der Waals surface area contributed by atoms with Gasteiger partial charge in [0.25, 0.3) is 0 Å². The van der Waals surface area contributed by atoms with E-state index in [9.17, 15) is 18.7 Å². The van der Waals surface area contributed by atoms with Gasteiger partial charge < -0.3 is 14.7 Å². The van der Waals surface area contributed by atoms with Gasteiger partial charge in [0.2, 0.25) is 0 Å². The molecule has 1 aliphatic rings. The molecule has 0 radical (unpaired) electrons. The van der Waals surface area contributed by atoms with Crippen LogP contribution in [0.3, 0.4) is 0 Å². The van der Waals surface area contributed by atoms with Crippen LogP contribution in [0.25, 0.3) is 0 Å². The van der Waals surface area contributed by atoms with Gasteiger partial charge in [-0.2, -0.15) is 0 Å². The topological polar surface area (TPSA) is 71.4 Å². The predicted molar refractivity (Wildman–Crippen MR) is 116 cm³/mol. The fourth-order valence-corrected chi connectivity index (χ4v) is 3.49. The summed E-state index contributed by atoms with van der Waals surface area (Å²) < 4.78 is 31.6. The van der Waals surface area contributed by atoms with E-state index in [1.54, 1.807) is 24.3 Å². The van der Waals surface area contributed by atoms with Crippen molar-refractivity contribution in [2.24, 2.45) is 5.16 Å². The minimum absolute atomic E-state index is 0.0956. The molecule has 2 atom stereocenters. The van der Waals surface area contributed by atoms with E-state index in [1.807, 2.05) is 11.8 Å². The molecule has 172 valence electrons. The summed E-state index contributed by atoms with van der Waals surface area (Å²) in [6.45, 7) is 2.92. The van der Waals surface area contributed by atoms with Crippen molar-refractivity contribution in [1.82, 2.24) is 4.90 Å². The van der Waals surface area contributed by atoms with Gasteiger partial charge in [-0.3, -0.25) is 9.69 Å². The van der Waals surface area contributed by atoms with Crippen molar-refractivity contribution in [3.63, 3.8) is 0 Å². The van der Waals surface area contributed by atoms with Gasteiger partial charge in [0.1, 0.15) is 30.4 Å². The summed E-state index contributed by atoms with van der Waals surface area (Å²) in [6, 6.07) is 12.2. The third-order valence-electron chi connectivity index (χ3n) is 5.05. The third-order valence-corrected chi connectivity index (χ3v) is 5.05. The molecule has 2 aromatic carbocycles. The molecule has 3 rings (SSSR count). The van der Waals surface area contributed by atoms with Crippen LogP contribution in [0, 0.1) is 11.6 Å². The van der Waals surface area contributed by atoms with Crippen molar-refractivity contribution in [2.75, 3.05) is 19.7 Å². The van der Waals surface area contributed by atoms with Crippen LogP contribution in [0.15, 0.2) is 53.7 Å². The van der Waals surface area contributed by atoms with Crippen LogP contribution in [0.5, 0.6) is 0 Å². The molecule has 0 saturated carbocycles. The highest BCUT2D eigenvalue weighted by Crippen LogP contribution is 2.19. The first-order valence-electron chi connectivity index (χ1n) is 10.7. The highest BCUT2D eigenvalue weighted by atomic mass is 19.1. The molecule has 0 saturated heterocycles. The number of halogens is 2. The number of rotatable bonds is 11. The van der Waals surface area contributed by atoms with E-state index >= 15 is 0 Å². The van der Waals surface area contributed by atoms with Gasteiger partial charge in [-0.15, -0.1) is 0 Å². The van der Waals surface area contributed by atoms with Crippen LogP contribution in [0.2, 0.25) is 0 Å². The Bertz CT molecular complexity index is 903. The Morgan fingerprint density at radius 2 is 1.84 bits per heavy atom. The number of carbonyl (C=O) groups is 1. The number of aliphatic hydroxyl groups excluding tert-OH is 1. The number of nitrogens with zero attached hydrogens (tertiary/aromatic N) is 2. The van der Waals surface area contributed by atoms with Gasteiger partial charge in [0.05, 0.1) is 5.71 Å². The maximum atomic E-state index is 13.3. The first kappa shape index (κ1) is 23.8. The Morgan fingerprint density at radius 1 is 1.19 bits per heavy atom. The predicted octanol–water partition coefficient (Wildman–Crippen LogP) is 3.66. The van der Waals surface area contributed by atoms with E-state index in [4.69, 9.17) is 9.57 Å². The van der Waals surface area contributed by atoms with Gasteiger partial charge in [0.15, 0.2) is 0 Å². The van der Waals surface area contributed by atoms with Gasteiger partial charge in [0, 0.05) is 32.5 Å². The van der Waals surface area contributed by atoms with Crippen molar-refractivity contribution in [3.8, 4) is 0 Å². The Hall–Kier alpha value is -2.84. The van der Waals surface area contributed by atoms with Crippen LogP contribution < -0.4 is 0 Å². The number of esters is 1. The SMILES string of the molecule is CCCC(=O)OC[C@@H](O)CN(Cc1ccc(F)cc1)C[C@H]1CC(c2ccc(F)cc2)=NO1. The molecular weight excluding hydrogens is 418 g/mol. The second-order valence-electron chi connectivity index (χ2n) is 7.88. The van der Waals surface area contributed by atoms with E-state index in [-0.39, 0.29) is 36.9 Å². The highest BCUT2D eigenvalue weighted by Gasteiger charge is 2.26. The Morgan fingerprint density at radius 3 is 2.50 bits per heavy atom. The number of benzene rings is 2. The molecule has 0 aliphatic carbocycles. The van der Waals surface area contributed by atoms with Crippen molar-refractivity contribution in [1.29, 1.82) is 0 Å². The van der Waals surface area contributed by atoms with E-state index in [2.05, 4.69) is 5.16 Å². The summed E-state index contributed by atoms with van der Waals surface area (Å²) in [5.74, 6) is -0.975. The Labute approximate surface area is 186 Å². The van der Waals surface area contributed by atoms with Gasteiger partial charge in [-0.25, -0.2) is 8.78 Å². The fraction of sp³-hybridized carbons (Fsp3) is 0.417. The lowest BCUT2D eigenvalue weighted by atomic mass is 10.0. The lowest BCUT2D eigenvalue weighted by molar-refractivity contribution is -0.147. The summed E-state index contributed by atoms with van der Waals surface area (Å²) >= 11 is 0. The average Bonchev–Trinajstić information content (AvgIpc) is 3.23. The fourth-order valence-electron chi connectivity index (χ4n) is 3.49. The smallest absolute Gasteiger partial charge is 0.305 e. The van der Waals surface area contributed by atoms with Gasteiger partial charge >= 0.3 is 5.97 Å². The molecule has 6 nitrogen and oxygen atoms in total. The first-order valence-corrected chi connectivity index (χ1v) is 10.7. The number of ether oxygens (including phenoxy) is 1. The molecule has 2 aromatic rings. The number of aliphatic hydroxyl groups is 1. The molecule has 1 N–H and O–H groups in total. The molecule has 0 unspecified atom stereocenters. The molecule has 0 bridgehead atoms. The van der Waals surface area contributed by atoms with Crippen molar-refractivity contribution in [2.45, 2.75) is 44.9 Å². The molecule has 0 amide bonds. The number of hydrogen-bond donors (Lipinski definition) is 1. The van der Waals surface area contributed by atoms with Crippen LogP contribution in [-0.4, -0.2) is 53.6 Å². The molecule has 0 fully saturated rings. The van der Waals surface area contributed by atoms with Gasteiger partial charge in [-0.05, 0) is 41.8 Å². The summed E-state index contributed by atoms with van der Waals surface area (Å²) in [6.07, 6.45) is 0.389. The van der Waals surface area contributed by atoms with E-state index in [0.29, 0.717) is 32.4 Å². The van der Waals surface area contributed by atoms with E-state index < -0.39 is 6.10 Å². The Kier molecular flexibility index (Phi) is 8.70. The van der Waals surface area contributed by atoms with Gasteiger partial charge in [-0.1, -0.05) is 36.3 Å². The zero-order valence-electron chi connectivity index (χ0n) is 18.0. The normalized spacial score (nSPS) is 16.5. The zero-order chi connectivity index (χ0) is 22.9. The zero-order valence-corrected chi connectivity index (χ0v) is 18.0. The molecular formula is C24H28F2N2O4. The number of carbonyl (C=O) groups excluding carboxylic acids is 1. The molecule has 8 heteroatoms. The summed E-state index contributed by atoms with van der Waals surface area (Å²) in [4.78, 5) is 19.1. The molecule has 1 aliphatic heterocycles. The highest BCUT2D eigenvalue weighted by molar-refractivity contribution is 6.01. The molecule has 0 spiro atoms. The quantitative estimate of drug-likeness (QED) is 0.534. The van der Waals surface area contributed by atoms with E-state index in [0.717, 1.165) is 16.8 Å². The maximum absolute atomic E-state index is 13.3. The molecule has 0 aromatic heterocycles. The number of hydrogen-bond acceptors (Lipinski definition) is 6. The van der Waals surface area contributed by atoms with Crippen molar-refractivity contribution < 1.29 is 28.3 Å². The Balaban J connectivity index is 1.59. The average molecular weight is 446 g/mol. The van der Waals surface area contributed by atoms with Crippen LogP contribution >= 0.6 is 0 Å². The van der Waals surface area contributed by atoms with E-state index in [1.165, 1.54) is 24.3 Å². The van der Waals surface area contributed by atoms with Crippen molar-refractivity contribution in [3.05, 3.63) is 71.3 Å². The van der Waals surface area contributed by atoms with Crippen LogP contribution in [0.1, 0.15) is 37.3 Å². The second kappa shape index (κ2) is 11.7. The monoisotopic (exact) mass is 446 g/mol. The lowest BCUT2D eigenvalue weighted by Crippen LogP contribution is -2.39. The van der Waals surface area contributed by atoms with Crippen molar-refractivity contribution >= 4 is 11.7 Å². The number of oxime groups is 1. The molecule has 32 heavy (non-hydrogen) atoms. The summed E-state index contributed by atoms with van der Waals surface area (Å²) in [5.41, 5.74) is 2.40. The lowest BCUT2D eigenvalue weighted by Gasteiger charge is -2.27. The second-order valence-corrected chi connectivity index (χ2v) is 7.88. The molecule has 1 heterocycles. The first-order chi connectivity index (χ1) is 15.4. The maximum Gasteiger partial charge on any atom is 0.305 e. The standard InChI is InChI=1S/C24H28F2N2O4/c1-2-3-24(30)31-16-21(29)14-28(13-17-4-8-19(25)9-5-17)15-22-12-23(27-32-22)18-6-10-20(26)11-7-18/h4-11,21-22,29H,2-3,12-16H2,1H3/t21-,22+/m0/s1. The minimum atomic E-state index is -0.879. The van der Waals surface area contributed by atoms with Crippen LogP contribution in [-0.2, 0) is 20.9 Å².